The number of piperidine rings is 1. The van der Waals surface area contributed by atoms with Gasteiger partial charge in [-0.3, -0.25) is 4.79 Å². The number of nitrogens with one attached hydrogen (secondary N) is 2. The van der Waals surface area contributed by atoms with Crippen molar-refractivity contribution >= 4 is 18.3 Å². The number of hydrogen-bond donors (Lipinski definition) is 2. The second-order valence-corrected chi connectivity index (χ2v) is 6.52. The van der Waals surface area contributed by atoms with Crippen LogP contribution in [0.3, 0.4) is 0 Å². The number of rotatable bonds is 7. The number of ether oxygens (including phenoxy) is 2. The van der Waals surface area contributed by atoms with Gasteiger partial charge in [-0.25, -0.2) is 0 Å². The molecule has 2 heterocycles. The Balaban J connectivity index is 0.00000261. The number of benzene rings is 1. The summed E-state index contributed by atoms with van der Waals surface area (Å²) < 4.78 is 15.8. The Kier molecular flexibility index (Phi) is 7.58. The summed E-state index contributed by atoms with van der Waals surface area (Å²) in [4.78, 5) is 16.6. The van der Waals surface area contributed by atoms with Gasteiger partial charge in [0.2, 0.25) is 0 Å². The van der Waals surface area contributed by atoms with E-state index in [0.717, 1.165) is 25.9 Å². The number of carbonyl (C=O) groups is 1. The summed E-state index contributed by atoms with van der Waals surface area (Å²) in [6.07, 6.45) is 1.89. The summed E-state index contributed by atoms with van der Waals surface area (Å²) in [6.45, 7) is 2.96. The molecule has 9 heteroatoms. The lowest BCUT2D eigenvalue weighted by Crippen LogP contribution is -2.47. The molecule has 0 radical (unpaired) electrons. The molecule has 0 unspecified atom stereocenters. The molecule has 0 spiro atoms. The molecule has 1 aliphatic rings. The Morgan fingerprint density at radius 2 is 2.11 bits per heavy atom. The zero-order valence-electron chi connectivity index (χ0n) is 15.5. The van der Waals surface area contributed by atoms with E-state index in [2.05, 4.69) is 20.8 Å². The number of carbonyl (C=O) groups excluding carboxylic acids is 1. The summed E-state index contributed by atoms with van der Waals surface area (Å²) in [5.74, 6) is 0.628. The topological polar surface area (TPSA) is 98.5 Å². The Morgan fingerprint density at radius 3 is 2.81 bits per heavy atom. The third-order valence-electron chi connectivity index (χ3n) is 4.68. The SMILES string of the molecule is COCC1(CNC(=O)c2noc(-c3cccc(OC)c3)n2)CCNCC1.Cl. The standard InChI is InChI=1S/C18H24N4O4.ClH/c1-24-12-18(6-8-19-9-7-18)11-20-16(23)15-21-17(26-22-15)13-4-3-5-14(10-13)25-2;/h3-5,10,19H,6-9,11-12H2,1-2H3,(H,20,23);1H. The first-order valence-electron chi connectivity index (χ1n) is 8.62. The molecule has 3 rings (SSSR count). The summed E-state index contributed by atoms with van der Waals surface area (Å²) in [7, 11) is 3.27. The van der Waals surface area contributed by atoms with Gasteiger partial charge in [0.25, 0.3) is 17.6 Å². The fraction of sp³-hybridized carbons (Fsp3) is 0.500. The molecular formula is C18H25ClN4O4. The van der Waals surface area contributed by atoms with E-state index in [-0.39, 0.29) is 35.4 Å². The zero-order chi connectivity index (χ0) is 18.4. The molecule has 1 fully saturated rings. The van der Waals surface area contributed by atoms with E-state index in [1.165, 1.54) is 0 Å². The van der Waals surface area contributed by atoms with Crippen molar-refractivity contribution in [1.29, 1.82) is 0 Å². The van der Waals surface area contributed by atoms with Gasteiger partial charge in [0.15, 0.2) is 0 Å². The van der Waals surface area contributed by atoms with Gasteiger partial charge in [-0.1, -0.05) is 11.2 Å². The summed E-state index contributed by atoms with van der Waals surface area (Å²) in [6, 6.07) is 7.24. The highest BCUT2D eigenvalue weighted by Crippen LogP contribution is 2.28. The van der Waals surface area contributed by atoms with E-state index >= 15 is 0 Å². The van der Waals surface area contributed by atoms with Gasteiger partial charge >= 0.3 is 0 Å². The average Bonchev–Trinajstić information content (AvgIpc) is 3.18. The second kappa shape index (κ2) is 9.68. The molecule has 0 saturated carbocycles. The van der Waals surface area contributed by atoms with Gasteiger partial charge in [0.05, 0.1) is 13.7 Å². The van der Waals surface area contributed by atoms with Crippen LogP contribution in [-0.2, 0) is 4.74 Å². The monoisotopic (exact) mass is 396 g/mol. The van der Waals surface area contributed by atoms with E-state index < -0.39 is 0 Å². The van der Waals surface area contributed by atoms with Crippen LogP contribution >= 0.6 is 12.4 Å². The third-order valence-corrected chi connectivity index (χ3v) is 4.68. The van der Waals surface area contributed by atoms with Crippen LogP contribution in [0.15, 0.2) is 28.8 Å². The van der Waals surface area contributed by atoms with E-state index in [0.29, 0.717) is 24.5 Å². The highest BCUT2D eigenvalue weighted by Gasteiger charge is 2.33. The lowest BCUT2D eigenvalue weighted by molar-refractivity contribution is 0.0509. The maximum Gasteiger partial charge on any atom is 0.292 e. The van der Waals surface area contributed by atoms with Gasteiger partial charge < -0.3 is 24.6 Å². The van der Waals surface area contributed by atoms with Crippen LogP contribution in [0.2, 0.25) is 0 Å². The minimum atomic E-state index is -0.350. The number of amides is 1. The molecule has 2 N–H and O–H groups in total. The molecule has 1 saturated heterocycles. The highest BCUT2D eigenvalue weighted by atomic mass is 35.5. The molecule has 2 aromatic rings. The van der Waals surface area contributed by atoms with Gasteiger partial charge in [-0.05, 0) is 44.1 Å². The molecule has 1 amide bonds. The van der Waals surface area contributed by atoms with E-state index in [4.69, 9.17) is 14.0 Å². The van der Waals surface area contributed by atoms with Crippen molar-refractivity contribution in [3.05, 3.63) is 30.1 Å². The van der Waals surface area contributed by atoms with Gasteiger partial charge in [-0.2, -0.15) is 4.98 Å². The van der Waals surface area contributed by atoms with Gasteiger partial charge in [0, 0.05) is 24.6 Å². The first-order valence-corrected chi connectivity index (χ1v) is 8.62. The Hall–Kier alpha value is -2.16. The smallest absolute Gasteiger partial charge is 0.292 e. The number of aromatic nitrogens is 2. The summed E-state index contributed by atoms with van der Waals surface area (Å²) >= 11 is 0. The minimum absolute atomic E-state index is 0. The Bertz CT molecular complexity index is 741. The normalized spacial score (nSPS) is 15.6. The summed E-state index contributed by atoms with van der Waals surface area (Å²) in [5, 5.41) is 10.1. The van der Waals surface area contributed by atoms with E-state index in [1.54, 1.807) is 20.3 Å². The maximum atomic E-state index is 12.4. The van der Waals surface area contributed by atoms with Crippen LogP contribution in [0.4, 0.5) is 0 Å². The molecule has 1 aromatic carbocycles. The molecule has 0 bridgehead atoms. The molecular weight excluding hydrogens is 372 g/mol. The molecule has 27 heavy (non-hydrogen) atoms. The first kappa shape index (κ1) is 21.1. The number of methoxy groups -OCH3 is 2. The fourth-order valence-electron chi connectivity index (χ4n) is 3.17. The third kappa shape index (κ3) is 5.18. The highest BCUT2D eigenvalue weighted by molar-refractivity contribution is 5.90. The predicted octanol–water partition coefficient (Wildman–Crippen LogP) is 1.91. The van der Waals surface area contributed by atoms with Crippen molar-refractivity contribution in [1.82, 2.24) is 20.8 Å². The Morgan fingerprint density at radius 1 is 1.33 bits per heavy atom. The van der Waals surface area contributed by atoms with E-state index in [1.807, 2.05) is 18.2 Å². The van der Waals surface area contributed by atoms with Crippen LogP contribution in [0.1, 0.15) is 23.5 Å². The van der Waals surface area contributed by atoms with Crippen molar-refractivity contribution in [2.75, 3.05) is 40.5 Å². The molecule has 1 aliphatic heterocycles. The van der Waals surface area contributed by atoms with Gasteiger partial charge in [-0.15, -0.1) is 12.4 Å². The van der Waals surface area contributed by atoms with Crippen molar-refractivity contribution in [3.8, 4) is 17.2 Å². The molecule has 0 aliphatic carbocycles. The largest absolute Gasteiger partial charge is 0.497 e. The van der Waals surface area contributed by atoms with Crippen molar-refractivity contribution < 1.29 is 18.8 Å². The number of nitrogens with zero attached hydrogens (tertiary/aromatic N) is 2. The number of halogens is 1. The zero-order valence-corrected chi connectivity index (χ0v) is 16.3. The average molecular weight is 397 g/mol. The van der Waals surface area contributed by atoms with Crippen molar-refractivity contribution in [3.63, 3.8) is 0 Å². The minimum Gasteiger partial charge on any atom is -0.497 e. The molecule has 8 nitrogen and oxygen atoms in total. The van der Waals surface area contributed by atoms with Gasteiger partial charge in [0.1, 0.15) is 5.75 Å². The van der Waals surface area contributed by atoms with Crippen LogP contribution in [0, 0.1) is 5.41 Å². The fourth-order valence-corrected chi connectivity index (χ4v) is 3.17. The quantitative estimate of drug-likeness (QED) is 0.737. The number of hydrogen-bond acceptors (Lipinski definition) is 7. The van der Waals surface area contributed by atoms with E-state index in [9.17, 15) is 4.79 Å². The summed E-state index contributed by atoms with van der Waals surface area (Å²) in [5.41, 5.74) is 0.639. The first-order chi connectivity index (χ1) is 12.7. The van der Waals surface area contributed by atoms with Crippen LogP contribution in [-0.4, -0.2) is 56.5 Å². The lowest BCUT2D eigenvalue weighted by Gasteiger charge is -2.37. The van der Waals surface area contributed by atoms with Crippen LogP contribution < -0.4 is 15.4 Å². The molecule has 1 aromatic heterocycles. The Labute approximate surface area is 164 Å². The second-order valence-electron chi connectivity index (χ2n) is 6.52. The van der Waals surface area contributed by atoms with Crippen LogP contribution in [0.25, 0.3) is 11.5 Å². The molecule has 0 atom stereocenters. The molecule has 148 valence electrons. The maximum absolute atomic E-state index is 12.4. The lowest BCUT2D eigenvalue weighted by atomic mass is 9.79. The van der Waals surface area contributed by atoms with Crippen LogP contribution in [0.5, 0.6) is 5.75 Å². The van der Waals surface area contributed by atoms with Crippen molar-refractivity contribution in [2.45, 2.75) is 12.8 Å². The van der Waals surface area contributed by atoms with Crippen molar-refractivity contribution in [2.24, 2.45) is 5.41 Å². The predicted molar refractivity (Wildman–Crippen MR) is 102 cm³/mol.